The van der Waals surface area contributed by atoms with Crippen molar-refractivity contribution < 1.29 is 14.3 Å². The van der Waals surface area contributed by atoms with Gasteiger partial charge in [-0.15, -0.1) is 10.2 Å². The molecule has 1 N–H and O–H groups in total. The third-order valence-corrected chi connectivity index (χ3v) is 6.55. The molecule has 0 bridgehead atoms. The third-order valence-electron chi connectivity index (χ3n) is 6.55. The van der Waals surface area contributed by atoms with Crippen molar-refractivity contribution in [2.45, 2.75) is 52.1 Å². The van der Waals surface area contributed by atoms with E-state index in [0.717, 1.165) is 68.7 Å². The minimum Gasteiger partial charge on any atom is -0.497 e. The molecule has 0 aliphatic carbocycles. The number of rotatable bonds is 8. The van der Waals surface area contributed by atoms with Crippen LogP contribution in [0.4, 0.5) is 5.95 Å². The molecule has 3 heterocycles. The molecule has 4 rings (SSSR count). The molecule has 8 nitrogen and oxygen atoms in total. The number of amides is 1. The second kappa shape index (κ2) is 9.26. The van der Waals surface area contributed by atoms with Gasteiger partial charge in [0.2, 0.25) is 11.9 Å². The molecule has 2 atom stereocenters. The van der Waals surface area contributed by atoms with E-state index in [1.165, 1.54) is 0 Å². The van der Waals surface area contributed by atoms with E-state index >= 15 is 0 Å². The number of anilines is 1. The number of ether oxygens (including phenoxy) is 2. The van der Waals surface area contributed by atoms with Gasteiger partial charge in [0.1, 0.15) is 5.75 Å². The van der Waals surface area contributed by atoms with Gasteiger partial charge in [-0.05, 0) is 38.3 Å². The Kier molecular flexibility index (Phi) is 6.46. The second-order valence-corrected chi connectivity index (χ2v) is 8.81. The van der Waals surface area contributed by atoms with Crippen molar-refractivity contribution in [2.24, 2.45) is 5.41 Å². The first-order chi connectivity index (χ1) is 15.0. The molecule has 2 aliphatic rings. The molecule has 1 aromatic carbocycles. The van der Waals surface area contributed by atoms with Crippen molar-refractivity contribution in [2.75, 3.05) is 38.3 Å². The van der Waals surface area contributed by atoms with Crippen LogP contribution >= 0.6 is 0 Å². The summed E-state index contributed by atoms with van der Waals surface area (Å²) in [6.45, 7) is 8.12. The number of carbonyl (C=O) groups is 1. The first-order valence-electron chi connectivity index (χ1n) is 11.2. The van der Waals surface area contributed by atoms with E-state index in [-0.39, 0.29) is 17.4 Å². The molecular formula is C23H33N5O3. The minimum atomic E-state index is 0.0488. The van der Waals surface area contributed by atoms with E-state index in [9.17, 15) is 4.79 Å². The fraction of sp³-hybridized carbons (Fsp3) is 0.609. The maximum Gasteiger partial charge on any atom is 0.227 e. The van der Waals surface area contributed by atoms with Crippen molar-refractivity contribution in [1.29, 1.82) is 0 Å². The fourth-order valence-corrected chi connectivity index (χ4v) is 4.45. The van der Waals surface area contributed by atoms with Crippen LogP contribution in [0.2, 0.25) is 0 Å². The van der Waals surface area contributed by atoms with Crippen LogP contribution in [0.5, 0.6) is 5.75 Å². The smallest absolute Gasteiger partial charge is 0.227 e. The molecule has 0 saturated carbocycles. The van der Waals surface area contributed by atoms with Crippen molar-refractivity contribution in [1.82, 2.24) is 20.1 Å². The molecule has 8 heteroatoms. The Balaban J connectivity index is 1.60. The largest absolute Gasteiger partial charge is 0.497 e. The SMILES string of the molecule is CCC(C)NC(=O)CCn1c(-c2cccc(OC)c2)nnc1N1CCC2(CCOC2)C1. The van der Waals surface area contributed by atoms with Crippen LogP contribution in [-0.4, -0.2) is 60.1 Å². The van der Waals surface area contributed by atoms with Gasteiger partial charge in [-0.3, -0.25) is 9.36 Å². The topological polar surface area (TPSA) is 81.5 Å². The first-order valence-corrected chi connectivity index (χ1v) is 11.2. The van der Waals surface area contributed by atoms with Crippen LogP contribution < -0.4 is 15.0 Å². The van der Waals surface area contributed by atoms with Gasteiger partial charge in [0.15, 0.2) is 5.82 Å². The summed E-state index contributed by atoms with van der Waals surface area (Å²) in [6, 6.07) is 7.99. The molecular weight excluding hydrogens is 394 g/mol. The summed E-state index contributed by atoms with van der Waals surface area (Å²) in [6.07, 6.45) is 3.49. The van der Waals surface area contributed by atoms with E-state index in [4.69, 9.17) is 9.47 Å². The predicted molar refractivity (Wildman–Crippen MR) is 119 cm³/mol. The highest BCUT2D eigenvalue weighted by molar-refractivity contribution is 5.76. The van der Waals surface area contributed by atoms with E-state index in [1.54, 1.807) is 7.11 Å². The number of aromatic nitrogens is 3. The van der Waals surface area contributed by atoms with Crippen LogP contribution in [0, 0.1) is 5.41 Å². The zero-order valence-corrected chi connectivity index (χ0v) is 18.8. The van der Waals surface area contributed by atoms with Crippen LogP contribution in [0.1, 0.15) is 39.5 Å². The van der Waals surface area contributed by atoms with Crippen molar-refractivity contribution in [3.05, 3.63) is 24.3 Å². The Hall–Kier alpha value is -2.61. The number of carbonyl (C=O) groups excluding carboxylic acids is 1. The number of hydrogen-bond acceptors (Lipinski definition) is 6. The summed E-state index contributed by atoms with van der Waals surface area (Å²) in [5.74, 6) is 2.41. The summed E-state index contributed by atoms with van der Waals surface area (Å²) in [5, 5.41) is 12.1. The molecule has 31 heavy (non-hydrogen) atoms. The third kappa shape index (κ3) is 4.69. The van der Waals surface area contributed by atoms with Gasteiger partial charge in [-0.2, -0.15) is 0 Å². The number of methoxy groups -OCH3 is 1. The first kappa shape index (κ1) is 21.6. The molecule has 2 aromatic rings. The molecule has 2 fully saturated rings. The van der Waals surface area contributed by atoms with Crippen LogP contribution in [0.15, 0.2) is 24.3 Å². The van der Waals surface area contributed by atoms with Crippen LogP contribution in [0.25, 0.3) is 11.4 Å². The molecule has 2 unspecified atom stereocenters. The molecule has 168 valence electrons. The normalized spacial score (nSPS) is 21.6. The van der Waals surface area contributed by atoms with E-state index < -0.39 is 0 Å². The average Bonchev–Trinajstić information content (AvgIpc) is 3.52. The second-order valence-electron chi connectivity index (χ2n) is 8.81. The Labute approximate surface area is 183 Å². The van der Waals surface area contributed by atoms with Gasteiger partial charge in [-0.1, -0.05) is 19.1 Å². The van der Waals surface area contributed by atoms with Gasteiger partial charge < -0.3 is 19.7 Å². The summed E-state index contributed by atoms with van der Waals surface area (Å²) < 4.78 is 13.2. The van der Waals surface area contributed by atoms with Crippen LogP contribution in [0.3, 0.4) is 0 Å². The van der Waals surface area contributed by atoms with Gasteiger partial charge in [0, 0.05) is 49.7 Å². The number of hydrogen-bond donors (Lipinski definition) is 1. The van der Waals surface area contributed by atoms with Gasteiger partial charge in [0.05, 0.1) is 13.7 Å². The summed E-state index contributed by atoms with van der Waals surface area (Å²) in [7, 11) is 1.65. The summed E-state index contributed by atoms with van der Waals surface area (Å²) in [5.41, 5.74) is 1.15. The summed E-state index contributed by atoms with van der Waals surface area (Å²) in [4.78, 5) is 14.8. The highest BCUT2D eigenvalue weighted by Crippen LogP contribution is 2.40. The van der Waals surface area contributed by atoms with Crippen molar-refractivity contribution in [3.63, 3.8) is 0 Å². The minimum absolute atomic E-state index is 0.0488. The lowest BCUT2D eigenvalue weighted by Gasteiger charge is -2.23. The predicted octanol–water partition coefficient (Wildman–Crippen LogP) is 2.88. The standard InChI is InChI=1S/C23H33N5O3/c1-4-17(2)24-20(29)8-11-28-21(18-6-5-7-19(14-18)30-3)25-26-22(28)27-12-9-23(15-27)10-13-31-16-23/h5-7,14,17H,4,8-13,15-16H2,1-3H3,(H,24,29). The lowest BCUT2D eigenvalue weighted by atomic mass is 9.87. The van der Waals surface area contributed by atoms with Gasteiger partial charge in [-0.25, -0.2) is 0 Å². The maximum absolute atomic E-state index is 12.5. The summed E-state index contributed by atoms with van der Waals surface area (Å²) >= 11 is 0. The number of benzene rings is 1. The van der Waals surface area contributed by atoms with Crippen LogP contribution in [-0.2, 0) is 16.1 Å². The number of nitrogens with zero attached hydrogens (tertiary/aromatic N) is 4. The molecule has 1 amide bonds. The number of nitrogens with one attached hydrogen (secondary N) is 1. The highest BCUT2D eigenvalue weighted by atomic mass is 16.5. The molecule has 2 saturated heterocycles. The van der Waals surface area contributed by atoms with Crippen molar-refractivity contribution in [3.8, 4) is 17.1 Å². The lowest BCUT2D eigenvalue weighted by Crippen LogP contribution is -2.33. The van der Waals surface area contributed by atoms with Crippen molar-refractivity contribution >= 4 is 11.9 Å². The zero-order valence-electron chi connectivity index (χ0n) is 18.8. The van der Waals surface area contributed by atoms with E-state index in [1.807, 2.05) is 31.2 Å². The fourth-order valence-electron chi connectivity index (χ4n) is 4.45. The molecule has 0 radical (unpaired) electrons. The quantitative estimate of drug-likeness (QED) is 0.698. The monoisotopic (exact) mass is 427 g/mol. The van der Waals surface area contributed by atoms with E-state index in [2.05, 4.69) is 31.9 Å². The Morgan fingerprint density at radius 2 is 2.23 bits per heavy atom. The molecule has 2 aliphatic heterocycles. The Bertz CT molecular complexity index is 906. The van der Waals surface area contributed by atoms with Gasteiger partial charge >= 0.3 is 0 Å². The Morgan fingerprint density at radius 1 is 1.35 bits per heavy atom. The van der Waals surface area contributed by atoms with Gasteiger partial charge in [0.25, 0.3) is 0 Å². The maximum atomic E-state index is 12.5. The lowest BCUT2D eigenvalue weighted by molar-refractivity contribution is -0.121. The molecule has 1 aromatic heterocycles. The highest BCUT2D eigenvalue weighted by Gasteiger charge is 2.42. The van der Waals surface area contributed by atoms with E-state index in [0.29, 0.717) is 13.0 Å². The Morgan fingerprint density at radius 3 is 2.97 bits per heavy atom. The molecule has 1 spiro atoms. The zero-order chi connectivity index (χ0) is 21.8. The average molecular weight is 428 g/mol.